The minimum Gasteiger partial charge on any atom is -0.368 e. The number of aryl methyl sites for hydroxylation is 1. The zero-order valence-corrected chi connectivity index (χ0v) is 18.9. The first-order valence-corrected chi connectivity index (χ1v) is 11.7. The van der Waals surface area contributed by atoms with Gasteiger partial charge in [0.15, 0.2) is 0 Å². The van der Waals surface area contributed by atoms with Crippen LogP contribution in [-0.2, 0) is 10.0 Å². The molecule has 0 unspecified atom stereocenters. The number of hydrogen-bond donors (Lipinski definition) is 3. The topological polar surface area (TPSA) is 90.5 Å². The van der Waals surface area contributed by atoms with Crippen molar-refractivity contribution in [3.8, 4) is 0 Å². The maximum absolute atomic E-state index is 12.8. The maximum Gasteiger partial charge on any atom is 0.261 e. The first-order chi connectivity index (χ1) is 14.2. The molecule has 1 fully saturated rings. The summed E-state index contributed by atoms with van der Waals surface area (Å²) < 4.78 is 28.2. The molecule has 0 spiro atoms. The Hall–Kier alpha value is -2.29. The summed E-state index contributed by atoms with van der Waals surface area (Å²) in [5.74, 6) is -0.238. The Kier molecular flexibility index (Phi) is 6.90. The van der Waals surface area contributed by atoms with Crippen molar-refractivity contribution in [2.45, 2.75) is 31.7 Å². The Balaban J connectivity index is 1.94. The van der Waals surface area contributed by atoms with Crippen molar-refractivity contribution >= 4 is 38.9 Å². The molecule has 30 heavy (non-hydrogen) atoms. The average molecular weight is 451 g/mol. The lowest BCUT2D eigenvalue weighted by atomic mass is 10.1. The van der Waals surface area contributed by atoms with Crippen LogP contribution in [0.15, 0.2) is 41.3 Å². The summed E-state index contributed by atoms with van der Waals surface area (Å²) in [5, 5.41) is 6.57. The third kappa shape index (κ3) is 5.24. The van der Waals surface area contributed by atoms with E-state index in [2.05, 4.69) is 20.3 Å². The van der Waals surface area contributed by atoms with Crippen molar-refractivity contribution in [2.75, 3.05) is 35.8 Å². The van der Waals surface area contributed by atoms with Crippen molar-refractivity contribution in [3.63, 3.8) is 0 Å². The molecule has 0 aliphatic carbocycles. The van der Waals surface area contributed by atoms with Crippen molar-refractivity contribution in [3.05, 3.63) is 52.5 Å². The lowest BCUT2D eigenvalue weighted by molar-refractivity contribution is 0.0943. The third-order valence-corrected chi connectivity index (χ3v) is 6.61. The third-order valence-electron chi connectivity index (χ3n) is 4.82. The van der Waals surface area contributed by atoms with Gasteiger partial charge in [-0.25, -0.2) is 8.42 Å². The summed E-state index contributed by atoms with van der Waals surface area (Å²) >= 11 is 6.09. The first kappa shape index (κ1) is 22.4. The van der Waals surface area contributed by atoms with Crippen molar-refractivity contribution < 1.29 is 13.2 Å². The Labute approximate surface area is 182 Å². The predicted octanol–water partition coefficient (Wildman–Crippen LogP) is 3.00. The molecule has 3 N–H and O–H groups in total. The highest BCUT2D eigenvalue weighted by atomic mass is 35.5. The fourth-order valence-electron chi connectivity index (χ4n) is 3.26. The minimum absolute atomic E-state index is 0.0385. The number of piperazine rings is 1. The number of nitrogens with zero attached hydrogens (tertiary/aromatic N) is 1. The van der Waals surface area contributed by atoms with E-state index in [1.807, 2.05) is 13.8 Å². The summed E-state index contributed by atoms with van der Waals surface area (Å²) in [7, 11) is -3.85. The molecule has 0 saturated carbocycles. The van der Waals surface area contributed by atoms with Gasteiger partial charge in [-0.1, -0.05) is 17.7 Å². The summed E-state index contributed by atoms with van der Waals surface area (Å²) in [6.07, 6.45) is 0. The van der Waals surface area contributed by atoms with Gasteiger partial charge in [0, 0.05) is 48.6 Å². The van der Waals surface area contributed by atoms with Gasteiger partial charge in [0.2, 0.25) is 0 Å². The minimum atomic E-state index is -3.85. The van der Waals surface area contributed by atoms with Gasteiger partial charge in [0.25, 0.3) is 15.9 Å². The van der Waals surface area contributed by atoms with Crippen LogP contribution in [0.2, 0.25) is 5.02 Å². The summed E-state index contributed by atoms with van der Waals surface area (Å²) in [6, 6.07) is 9.60. The number of anilines is 2. The molecular formula is C21H27ClN4O3S. The smallest absolute Gasteiger partial charge is 0.261 e. The van der Waals surface area contributed by atoms with Crippen LogP contribution in [0.25, 0.3) is 0 Å². The van der Waals surface area contributed by atoms with Crippen LogP contribution >= 0.6 is 11.6 Å². The van der Waals surface area contributed by atoms with Crippen LogP contribution in [0, 0.1) is 6.92 Å². The molecule has 1 heterocycles. The SMILES string of the molecule is Cc1ccc(S(=O)(=O)Nc2ccc(N3CCNCC3)c(C(=O)NC(C)C)c2)cc1Cl. The highest BCUT2D eigenvalue weighted by Crippen LogP contribution is 2.27. The van der Waals surface area contributed by atoms with E-state index in [4.69, 9.17) is 11.6 Å². The van der Waals surface area contributed by atoms with Crippen molar-refractivity contribution in [1.29, 1.82) is 0 Å². The molecule has 3 rings (SSSR count). The number of carbonyl (C=O) groups excluding carboxylic acids is 1. The monoisotopic (exact) mass is 450 g/mol. The quantitative estimate of drug-likeness (QED) is 0.629. The largest absolute Gasteiger partial charge is 0.368 e. The van der Waals surface area contributed by atoms with Crippen LogP contribution in [0.3, 0.4) is 0 Å². The molecule has 7 nitrogen and oxygen atoms in total. The van der Waals surface area contributed by atoms with E-state index in [1.165, 1.54) is 12.1 Å². The zero-order valence-electron chi connectivity index (χ0n) is 17.3. The molecule has 162 valence electrons. The van der Waals surface area contributed by atoms with Crippen LogP contribution in [0.4, 0.5) is 11.4 Å². The van der Waals surface area contributed by atoms with Crippen molar-refractivity contribution in [1.82, 2.24) is 10.6 Å². The number of carbonyl (C=O) groups is 1. The molecule has 0 aromatic heterocycles. The van der Waals surface area contributed by atoms with E-state index in [0.717, 1.165) is 37.4 Å². The van der Waals surface area contributed by atoms with E-state index < -0.39 is 10.0 Å². The summed E-state index contributed by atoms with van der Waals surface area (Å²) in [4.78, 5) is 15.0. The summed E-state index contributed by atoms with van der Waals surface area (Å²) in [6.45, 7) is 8.78. The van der Waals surface area contributed by atoms with Gasteiger partial charge < -0.3 is 15.5 Å². The number of hydrogen-bond acceptors (Lipinski definition) is 5. The van der Waals surface area contributed by atoms with Gasteiger partial charge in [-0.15, -0.1) is 0 Å². The van der Waals surface area contributed by atoms with E-state index in [0.29, 0.717) is 16.3 Å². The molecule has 1 saturated heterocycles. The highest BCUT2D eigenvalue weighted by Gasteiger charge is 2.21. The fraction of sp³-hybridized carbons (Fsp3) is 0.381. The molecule has 1 aliphatic heterocycles. The Morgan fingerprint density at radius 2 is 1.83 bits per heavy atom. The van der Waals surface area contributed by atoms with Crippen LogP contribution < -0.4 is 20.3 Å². The fourth-order valence-corrected chi connectivity index (χ4v) is 4.58. The number of amides is 1. The van der Waals surface area contributed by atoms with E-state index >= 15 is 0 Å². The molecule has 1 aliphatic rings. The van der Waals surface area contributed by atoms with Crippen LogP contribution in [0.1, 0.15) is 29.8 Å². The molecule has 2 aromatic carbocycles. The molecular weight excluding hydrogens is 424 g/mol. The van der Waals surface area contributed by atoms with Crippen molar-refractivity contribution in [2.24, 2.45) is 0 Å². The van der Waals surface area contributed by atoms with Crippen LogP contribution in [-0.4, -0.2) is 46.5 Å². The predicted molar refractivity (Wildman–Crippen MR) is 121 cm³/mol. The maximum atomic E-state index is 12.8. The Morgan fingerprint density at radius 1 is 1.13 bits per heavy atom. The highest BCUT2D eigenvalue weighted by molar-refractivity contribution is 7.92. The second kappa shape index (κ2) is 9.24. The number of rotatable bonds is 6. The number of sulfonamides is 1. The molecule has 0 radical (unpaired) electrons. The van der Waals surface area contributed by atoms with Gasteiger partial charge >= 0.3 is 0 Å². The second-order valence-electron chi connectivity index (χ2n) is 7.61. The zero-order chi connectivity index (χ0) is 21.9. The second-order valence-corrected chi connectivity index (χ2v) is 9.70. The molecule has 0 bridgehead atoms. The van der Waals surface area contributed by atoms with E-state index in [9.17, 15) is 13.2 Å². The summed E-state index contributed by atoms with van der Waals surface area (Å²) in [5.41, 5.74) is 2.34. The van der Waals surface area contributed by atoms with Gasteiger partial charge in [0.05, 0.1) is 10.5 Å². The molecule has 9 heteroatoms. The number of halogens is 1. The average Bonchev–Trinajstić information content (AvgIpc) is 2.69. The van der Waals surface area contributed by atoms with Gasteiger partial charge in [0.1, 0.15) is 0 Å². The lowest BCUT2D eigenvalue weighted by Crippen LogP contribution is -2.44. The first-order valence-electron chi connectivity index (χ1n) is 9.87. The van der Waals surface area contributed by atoms with Crippen LogP contribution in [0.5, 0.6) is 0 Å². The number of benzene rings is 2. The standard InChI is InChI=1S/C21H27ClN4O3S/c1-14(2)24-21(27)18-12-16(5-7-20(18)26-10-8-23-9-11-26)25-30(28,29)17-6-4-15(3)19(22)13-17/h4-7,12-14,23,25H,8-11H2,1-3H3,(H,24,27). The Bertz CT molecular complexity index is 1030. The van der Waals surface area contributed by atoms with Gasteiger partial charge in [-0.05, 0) is 56.7 Å². The lowest BCUT2D eigenvalue weighted by Gasteiger charge is -2.31. The normalized spacial score (nSPS) is 14.6. The molecule has 0 atom stereocenters. The molecule has 2 aromatic rings. The van der Waals surface area contributed by atoms with E-state index in [1.54, 1.807) is 31.2 Å². The van der Waals surface area contributed by atoms with E-state index in [-0.39, 0.29) is 16.8 Å². The van der Waals surface area contributed by atoms with Gasteiger partial charge in [-0.3, -0.25) is 9.52 Å². The van der Waals surface area contributed by atoms with Gasteiger partial charge in [-0.2, -0.15) is 0 Å². The Morgan fingerprint density at radius 3 is 2.47 bits per heavy atom. The number of nitrogens with one attached hydrogen (secondary N) is 3. The molecule has 1 amide bonds.